The minimum Gasteiger partial charge on any atom is -0.406 e. The minimum absolute atomic E-state index is 0.240. The maximum absolute atomic E-state index is 12.3. The number of alkyl halides is 3. The summed E-state index contributed by atoms with van der Waals surface area (Å²) < 4.78 is 40.9. The van der Waals surface area contributed by atoms with Crippen molar-refractivity contribution >= 4 is 22.5 Å². The van der Waals surface area contributed by atoms with Crippen LogP contribution in [0.1, 0.15) is 17.3 Å². The minimum atomic E-state index is -4.71. The van der Waals surface area contributed by atoms with E-state index in [1.807, 2.05) is 43.3 Å². The summed E-state index contributed by atoms with van der Waals surface area (Å²) in [6.45, 7) is 0. The number of pyridine rings is 1. The first kappa shape index (κ1) is 18.5. The lowest BCUT2D eigenvalue weighted by Crippen LogP contribution is -2.22. The lowest BCUT2D eigenvalue weighted by molar-refractivity contribution is -0.274. The molecule has 1 unspecified atom stereocenters. The second kappa shape index (κ2) is 7.13. The Hall–Kier alpha value is -2.31. The molecule has 1 aromatic heterocycles. The summed E-state index contributed by atoms with van der Waals surface area (Å²) in [6, 6.07) is 14.9. The van der Waals surface area contributed by atoms with E-state index in [0.29, 0.717) is 10.5 Å². The van der Waals surface area contributed by atoms with Gasteiger partial charge in [0, 0.05) is 5.39 Å². The third kappa shape index (κ3) is 4.08. The number of nitrogens with zero attached hydrogens (tertiary/aromatic N) is 2. The third-order valence-corrected chi connectivity index (χ3v) is 4.22. The van der Waals surface area contributed by atoms with Gasteiger partial charge in [0.1, 0.15) is 5.75 Å². The van der Waals surface area contributed by atoms with Crippen molar-refractivity contribution in [2.45, 2.75) is 12.4 Å². The zero-order chi connectivity index (χ0) is 18.9. The Morgan fingerprint density at radius 1 is 1.00 bits per heavy atom. The maximum Gasteiger partial charge on any atom is 0.573 e. The van der Waals surface area contributed by atoms with Crippen molar-refractivity contribution in [1.82, 2.24) is 9.88 Å². The number of hydrogen-bond acceptors (Lipinski definition) is 3. The molecular formula is C19H16ClF3N2O. The molecular weight excluding hydrogens is 365 g/mol. The molecule has 3 rings (SSSR count). The van der Waals surface area contributed by atoms with Crippen molar-refractivity contribution in [3.8, 4) is 5.75 Å². The molecule has 0 bridgehead atoms. The number of fused-ring (bicyclic) bond motifs is 1. The van der Waals surface area contributed by atoms with Crippen LogP contribution in [0.5, 0.6) is 5.75 Å². The molecule has 1 atom stereocenters. The average Bonchev–Trinajstić information content (AvgIpc) is 2.56. The Morgan fingerprint density at radius 2 is 1.69 bits per heavy atom. The number of para-hydroxylation sites is 1. The van der Waals surface area contributed by atoms with Crippen molar-refractivity contribution in [2.75, 3.05) is 14.1 Å². The standard InChI is InChI=1S/C19H16ClF3N2O/c1-25(2)18(13-6-9-14(10-7-13)26-19(21,22)23)16-11-8-12-4-3-5-15(20)17(12)24-16/h3-11,18H,1-2H3. The summed E-state index contributed by atoms with van der Waals surface area (Å²) in [5, 5.41) is 1.48. The van der Waals surface area contributed by atoms with Gasteiger partial charge in [0.15, 0.2) is 0 Å². The molecule has 0 amide bonds. The first-order chi connectivity index (χ1) is 12.2. The van der Waals surface area contributed by atoms with Gasteiger partial charge in [0.25, 0.3) is 0 Å². The van der Waals surface area contributed by atoms with E-state index < -0.39 is 6.36 Å². The number of ether oxygens (including phenoxy) is 1. The molecule has 3 nitrogen and oxygen atoms in total. The molecule has 7 heteroatoms. The number of rotatable bonds is 4. The molecule has 0 saturated heterocycles. The van der Waals surface area contributed by atoms with E-state index in [1.165, 1.54) is 12.1 Å². The fourth-order valence-electron chi connectivity index (χ4n) is 2.86. The zero-order valence-electron chi connectivity index (χ0n) is 14.1. The van der Waals surface area contributed by atoms with Crippen LogP contribution in [-0.4, -0.2) is 30.3 Å². The summed E-state index contributed by atoms with van der Waals surface area (Å²) in [6.07, 6.45) is -4.71. The van der Waals surface area contributed by atoms with Gasteiger partial charge in [-0.2, -0.15) is 0 Å². The predicted molar refractivity (Wildman–Crippen MR) is 95.4 cm³/mol. The summed E-state index contributed by atoms with van der Waals surface area (Å²) in [5.74, 6) is -0.256. The summed E-state index contributed by atoms with van der Waals surface area (Å²) >= 11 is 6.24. The highest BCUT2D eigenvalue weighted by Gasteiger charge is 2.31. The second-order valence-corrected chi connectivity index (χ2v) is 6.44. The Labute approximate surface area is 154 Å². The van der Waals surface area contributed by atoms with Crippen molar-refractivity contribution in [3.05, 3.63) is 70.9 Å². The van der Waals surface area contributed by atoms with E-state index in [0.717, 1.165) is 16.6 Å². The zero-order valence-corrected chi connectivity index (χ0v) is 14.8. The fraction of sp³-hybridized carbons (Fsp3) is 0.211. The summed E-state index contributed by atoms with van der Waals surface area (Å²) in [7, 11) is 3.76. The maximum atomic E-state index is 12.3. The molecule has 0 aliphatic rings. The van der Waals surface area contributed by atoms with Gasteiger partial charge in [0.2, 0.25) is 0 Å². The first-order valence-corrected chi connectivity index (χ1v) is 8.20. The van der Waals surface area contributed by atoms with Crippen molar-refractivity contribution < 1.29 is 17.9 Å². The van der Waals surface area contributed by atoms with Crippen LogP contribution in [0.4, 0.5) is 13.2 Å². The van der Waals surface area contributed by atoms with Gasteiger partial charge in [-0.05, 0) is 43.9 Å². The van der Waals surface area contributed by atoms with E-state index in [1.54, 1.807) is 18.2 Å². The molecule has 136 valence electrons. The molecule has 0 N–H and O–H groups in total. The van der Waals surface area contributed by atoms with Crippen molar-refractivity contribution in [2.24, 2.45) is 0 Å². The van der Waals surface area contributed by atoms with Crippen LogP contribution < -0.4 is 4.74 Å². The van der Waals surface area contributed by atoms with Crippen LogP contribution in [0.25, 0.3) is 10.9 Å². The van der Waals surface area contributed by atoms with Gasteiger partial charge in [-0.25, -0.2) is 4.98 Å². The molecule has 0 aliphatic carbocycles. The third-order valence-electron chi connectivity index (χ3n) is 3.92. The molecule has 0 aliphatic heterocycles. The second-order valence-electron chi connectivity index (χ2n) is 6.03. The number of halogens is 4. The summed E-state index contributed by atoms with van der Waals surface area (Å²) in [5.41, 5.74) is 2.24. The smallest absolute Gasteiger partial charge is 0.406 e. The average molecular weight is 381 g/mol. The van der Waals surface area contributed by atoms with Crippen LogP contribution >= 0.6 is 11.6 Å². The first-order valence-electron chi connectivity index (χ1n) is 7.82. The molecule has 0 spiro atoms. The molecule has 0 fully saturated rings. The topological polar surface area (TPSA) is 25.4 Å². The van der Waals surface area contributed by atoms with Crippen LogP contribution in [0.2, 0.25) is 5.02 Å². The van der Waals surface area contributed by atoms with Crippen molar-refractivity contribution in [3.63, 3.8) is 0 Å². The Bertz CT molecular complexity index is 911. The van der Waals surface area contributed by atoms with E-state index in [-0.39, 0.29) is 11.8 Å². The lowest BCUT2D eigenvalue weighted by Gasteiger charge is -2.25. The largest absolute Gasteiger partial charge is 0.573 e. The fourth-order valence-corrected chi connectivity index (χ4v) is 3.09. The Balaban J connectivity index is 1.98. The van der Waals surface area contributed by atoms with Crippen molar-refractivity contribution in [1.29, 1.82) is 0 Å². The Morgan fingerprint density at radius 3 is 2.31 bits per heavy atom. The molecule has 1 heterocycles. The number of aromatic nitrogens is 1. The van der Waals surface area contributed by atoms with E-state index in [4.69, 9.17) is 11.6 Å². The van der Waals surface area contributed by atoms with E-state index in [2.05, 4.69) is 9.72 Å². The van der Waals surface area contributed by atoms with Gasteiger partial charge in [-0.1, -0.05) is 41.9 Å². The normalized spacial score (nSPS) is 13.2. The lowest BCUT2D eigenvalue weighted by atomic mass is 10.0. The van der Waals surface area contributed by atoms with Crippen LogP contribution in [0.15, 0.2) is 54.6 Å². The summed E-state index contributed by atoms with van der Waals surface area (Å²) in [4.78, 5) is 6.60. The van der Waals surface area contributed by atoms with Crippen LogP contribution in [-0.2, 0) is 0 Å². The highest BCUT2D eigenvalue weighted by atomic mass is 35.5. The van der Waals surface area contributed by atoms with Gasteiger partial charge in [0.05, 0.1) is 22.3 Å². The van der Waals surface area contributed by atoms with Gasteiger partial charge in [-0.3, -0.25) is 4.90 Å². The van der Waals surface area contributed by atoms with Gasteiger partial charge < -0.3 is 4.74 Å². The van der Waals surface area contributed by atoms with Gasteiger partial charge in [-0.15, -0.1) is 13.2 Å². The highest BCUT2D eigenvalue weighted by molar-refractivity contribution is 6.35. The van der Waals surface area contributed by atoms with Crippen LogP contribution in [0, 0.1) is 0 Å². The predicted octanol–water partition coefficient (Wildman–Crippen LogP) is 5.44. The molecule has 3 aromatic rings. The number of benzene rings is 2. The highest BCUT2D eigenvalue weighted by Crippen LogP contribution is 2.31. The Kier molecular flexibility index (Phi) is 5.07. The molecule has 0 saturated carbocycles. The molecule has 0 radical (unpaired) electrons. The molecule has 2 aromatic carbocycles. The molecule has 26 heavy (non-hydrogen) atoms. The number of hydrogen-bond donors (Lipinski definition) is 0. The van der Waals surface area contributed by atoms with Crippen LogP contribution in [0.3, 0.4) is 0 Å². The quantitative estimate of drug-likeness (QED) is 0.602. The van der Waals surface area contributed by atoms with Gasteiger partial charge >= 0.3 is 6.36 Å². The van der Waals surface area contributed by atoms with E-state index >= 15 is 0 Å². The van der Waals surface area contributed by atoms with E-state index in [9.17, 15) is 13.2 Å². The SMILES string of the molecule is CN(C)C(c1ccc(OC(F)(F)F)cc1)c1ccc2cccc(Cl)c2n1. The monoisotopic (exact) mass is 380 g/mol.